The molecule has 3 heteroatoms. The van der Waals surface area contributed by atoms with Crippen molar-refractivity contribution in [2.24, 2.45) is 5.73 Å². The molecule has 0 radical (unpaired) electrons. The molecular weight excluding hydrogens is 222 g/mol. The first kappa shape index (κ1) is 13.5. The largest absolute Gasteiger partial charge is 0.326 e. The summed E-state index contributed by atoms with van der Waals surface area (Å²) in [5, 5.41) is 0. The van der Waals surface area contributed by atoms with Crippen LogP contribution in [0.15, 0.2) is 30.3 Å². The van der Waals surface area contributed by atoms with Gasteiger partial charge in [0.05, 0.1) is 0 Å². The SMILES string of the molecule is CC(N)C(c1ccccc1)N1CCC(N(C)C)C1. The van der Waals surface area contributed by atoms with E-state index >= 15 is 0 Å². The molecule has 2 rings (SSSR count). The van der Waals surface area contributed by atoms with Gasteiger partial charge in [0.2, 0.25) is 0 Å². The van der Waals surface area contributed by atoms with Gasteiger partial charge in [-0.2, -0.15) is 0 Å². The van der Waals surface area contributed by atoms with Crippen molar-refractivity contribution in [2.45, 2.75) is 31.5 Å². The molecule has 0 spiro atoms. The Morgan fingerprint density at radius 2 is 1.94 bits per heavy atom. The van der Waals surface area contributed by atoms with Crippen LogP contribution in [-0.2, 0) is 0 Å². The summed E-state index contributed by atoms with van der Waals surface area (Å²) in [7, 11) is 4.33. The van der Waals surface area contributed by atoms with Crippen molar-refractivity contribution in [3.63, 3.8) is 0 Å². The van der Waals surface area contributed by atoms with Crippen LogP contribution in [0.2, 0.25) is 0 Å². The van der Waals surface area contributed by atoms with Crippen molar-refractivity contribution in [1.82, 2.24) is 9.80 Å². The minimum atomic E-state index is 0.160. The van der Waals surface area contributed by atoms with Crippen LogP contribution < -0.4 is 5.73 Å². The van der Waals surface area contributed by atoms with Crippen molar-refractivity contribution < 1.29 is 0 Å². The molecule has 1 heterocycles. The smallest absolute Gasteiger partial charge is 0.0497 e. The summed E-state index contributed by atoms with van der Waals surface area (Å²) in [6, 6.07) is 11.8. The quantitative estimate of drug-likeness (QED) is 0.879. The topological polar surface area (TPSA) is 32.5 Å². The molecule has 0 amide bonds. The van der Waals surface area contributed by atoms with E-state index in [1.54, 1.807) is 0 Å². The van der Waals surface area contributed by atoms with E-state index < -0.39 is 0 Å². The number of hydrogen-bond donors (Lipinski definition) is 1. The van der Waals surface area contributed by atoms with E-state index in [2.05, 4.69) is 61.2 Å². The fourth-order valence-corrected chi connectivity index (χ4v) is 2.94. The third-order valence-electron chi connectivity index (χ3n) is 3.96. The molecule has 1 aliphatic heterocycles. The summed E-state index contributed by atoms with van der Waals surface area (Å²) in [4.78, 5) is 4.86. The molecule has 3 atom stereocenters. The maximum atomic E-state index is 6.21. The number of nitrogens with zero attached hydrogens (tertiary/aromatic N) is 2. The van der Waals surface area contributed by atoms with E-state index in [4.69, 9.17) is 5.73 Å². The van der Waals surface area contributed by atoms with Gasteiger partial charge in [-0.3, -0.25) is 4.90 Å². The van der Waals surface area contributed by atoms with Crippen LogP contribution in [0.5, 0.6) is 0 Å². The lowest BCUT2D eigenvalue weighted by molar-refractivity contribution is 0.197. The standard InChI is InChI=1S/C15H25N3/c1-12(16)15(13-7-5-4-6-8-13)18-10-9-14(11-18)17(2)3/h4-8,12,14-15H,9-11,16H2,1-3H3. The molecule has 1 aromatic carbocycles. The summed E-state index contributed by atoms with van der Waals surface area (Å²) in [6.45, 7) is 4.37. The summed E-state index contributed by atoms with van der Waals surface area (Å²) in [5.41, 5.74) is 7.55. The maximum Gasteiger partial charge on any atom is 0.0497 e. The Bertz CT molecular complexity index is 361. The highest BCUT2D eigenvalue weighted by Crippen LogP contribution is 2.28. The van der Waals surface area contributed by atoms with E-state index in [0.717, 1.165) is 13.1 Å². The van der Waals surface area contributed by atoms with Crippen LogP contribution in [-0.4, -0.2) is 49.1 Å². The molecule has 1 aliphatic rings. The van der Waals surface area contributed by atoms with Gasteiger partial charge in [-0.15, -0.1) is 0 Å². The highest BCUT2D eigenvalue weighted by atomic mass is 15.3. The molecule has 100 valence electrons. The number of likely N-dealkylation sites (N-methyl/N-ethyl adjacent to an activating group) is 1. The van der Waals surface area contributed by atoms with Gasteiger partial charge in [0.25, 0.3) is 0 Å². The van der Waals surface area contributed by atoms with Gasteiger partial charge in [-0.1, -0.05) is 30.3 Å². The molecule has 0 bridgehead atoms. The number of hydrogen-bond acceptors (Lipinski definition) is 3. The third kappa shape index (κ3) is 2.91. The van der Waals surface area contributed by atoms with Crippen LogP contribution in [0, 0.1) is 0 Å². The van der Waals surface area contributed by atoms with Crippen molar-refractivity contribution in [1.29, 1.82) is 0 Å². The molecule has 3 unspecified atom stereocenters. The second-order valence-corrected chi connectivity index (χ2v) is 5.62. The highest BCUT2D eigenvalue weighted by Gasteiger charge is 2.31. The first-order valence-corrected chi connectivity index (χ1v) is 6.80. The van der Waals surface area contributed by atoms with Crippen LogP contribution in [0.25, 0.3) is 0 Å². The van der Waals surface area contributed by atoms with Gasteiger partial charge in [0.1, 0.15) is 0 Å². The normalized spacial score (nSPS) is 24.4. The first-order valence-electron chi connectivity index (χ1n) is 6.80. The molecule has 2 N–H and O–H groups in total. The molecule has 0 aromatic heterocycles. The van der Waals surface area contributed by atoms with Crippen LogP contribution in [0.3, 0.4) is 0 Å². The predicted octanol–water partition coefficient (Wildman–Crippen LogP) is 1.71. The van der Waals surface area contributed by atoms with Gasteiger partial charge >= 0.3 is 0 Å². The number of nitrogens with two attached hydrogens (primary N) is 1. The third-order valence-corrected chi connectivity index (χ3v) is 3.96. The number of rotatable bonds is 4. The molecular formula is C15H25N3. The van der Waals surface area contributed by atoms with Gasteiger partial charge in [-0.05, 0) is 33.0 Å². The van der Waals surface area contributed by atoms with Gasteiger partial charge in [0.15, 0.2) is 0 Å². The van der Waals surface area contributed by atoms with Gasteiger partial charge < -0.3 is 10.6 Å². The molecule has 3 nitrogen and oxygen atoms in total. The minimum Gasteiger partial charge on any atom is -0.326 e. The fourth-order valence-electron chi connectivity index (χ4n) is 2.94. The molecule has 1 saturated heterocycles. The molecule has 18 heavy (non-hydrogen) atoms. The monoisotopic (exact) mass is 247 g/mol. The summed E-state index contributed by atoms with van der Waals surface area (Å²) in [6.07, 6.45) is 1.24. The first-order chi connectivity index (χ1) is 8.59. The van der Waals surface area contributed by atoms with Crippen molar-refractivity contribution in [3.8, 4) is 0 Å². The average molecular weight is 247 g/mol. The summed E-state index contributed by atoms with van der Waals surface area (Å²) < 4.78 is 0. The minimum absolute atomic E-state index is 0.160. The summed E-state index contributed by atoms with van der Waals surface area (Å²) in [5.74, 6) is 0. The van der Waals surface area contributed by atoms with Crippen molar-refractivity contribution in [2.75, 3.05) is 27.2 Å². The van der Waals surface area contributed by atoms with Gasteiger partial charge in [0, 0.05) is 31.2 Å². The van der Waals surface area contributed by atoms with E-state index in [-0.39, 0.29) is 6.04 Å². The Kier molecular flexibility index (Phi) is 4.38. The van der Waals surface area contributed by atoms with E-state index in [9.17, 15) is 0 Å². The summed E-state index contributed by atoms with van der Waals surface area (Å²) >= 11 is 0. The molecule has 1 fully saturated rings. The molecule has 0 saturated carbocycles. The number of benzene rings is 1. The zero-order valence-electron chi connectivity index (χ0n) is 11.7. The predicted molar refractivity (Wildman–Crippen MR) is 76.5 cm³/mol. The van der Waals surface area contributed by atoms with Crippen LogP contribution >= 0.6 is 0 Å². The van der Waals surface area contributed by atoms with E-state index in [1.807, 2.05) is 0 Å². The molecule has 0 aliphatic carbocycles. The lowest BCUT2D eigenvalue weighted by atomic mass is 10.00. The van der Waals surface area contributed by atoms with E-state index in [0.29, 0.717) is 12.1 Å². The second-order valence-electron chi connectivity index (χ2n) is 5.62. The van der Waals surface area contributed by atoms with Crippen molar-refractivity contribution in [3.05, 3.63) is 35.9 Å². The Morgan fingerprint density at radius 1 is 1.28 bits per heavy atom. The second kappa shape index (κ2) is 5.83. The Morgan fingerprint density at radius 3 is 2.44 bits per heavy atom. The fraction of sp³-hybridized carbons (Fsp3) is 0.600. The van der Waals surface area contributed by atoms with Crippen LogP contribution in [0.1, 0.15) is 24.9 Å². The Hall–Kier alpha value is -0.900. The molecule has 1 aromatic rings. The Labute approximate surface area is 111 Å². The lowest BCUT2D eigenvalue weighted by Crippen LogP contribution is -2.40. The average Bonchev–Trinajstić information content (AvgIpc) is 2.79. The van der Waals surface area contributed by atoms with Gasteiger partial charge in [-0.25, -0.2) is 0 Å². The maximum absolute atomic E-state index is 6.21. The van der Waals surface area contributed by atoms with E-state index in [1.165, 1.54) is 12.0 Å². The lowest BCUT2D eigenvalue weighted by Gasteiger charge is -2.32. The van der Waals surface area contributed by atoms with Crippen molar-refractivity contribution >= 4 is 0 Å². The number of likely N-dealkylation sites (tertiary alicyclic amines) is 1. The Balaban J connectivity index is 2.13. The zero-order valence-corrected chi connectivity index (χ0v) is 11.7. The zero-order chi connectivity index (χ0) is 13.1. The van der Waals surface area contributed by atoms with Crippen LogP contribution in [0.4, 0.5) is 0 Å². The highest BCUT2D eigenvalue weighted by molar-refractivity contribution is 5.21.